The van der Waals surface area contributed by atoms with Crippen molar-refractivity contribution in [3.05, 3.63) is 83.4 Å². The second-order valence-corrected chi connectivity index (χ2v) is 6.48. The van der Waals surface area contributed by atoms with Crippen LogP contribution in [0.4, 0.5) is 0 Å². The molecule has 0 spiro atoms. The molecule has 0 bridgehead atoms. The molecule has 1 aliphatic heterocycles. The monoisotopic (exact) mass is 387 g/mol. The quantitative estimate of drug-likeness (QED) is 0.380. The summed E-state index contributed by atoms with van der Waals surface area (Å²) < 4.78 is 10.3. The fourth-order valence-electron chi connectivity index (χ4n) is 3.17. The first-order valence-electron chi connectivity index (χ1n) is 8.95. The molecule has 0 N–H and O–H groups in total. The van der Waals surface area contributed by atoms with E-state index in [4.69, 9.17) is 9.47 Å². The molecule has 1 aliphatic rings. The summed E-state index contributed by atoms with van der Waals surface area (Å²) >= 11 is 0. The van der Waals surface area contributed by atoms with Gasteiger partial charge in [0.15, 0.2) is 6.73 Å². The summed E-state index contributed by atoms with van der Waals surface area (Å²) in [6, 6.07) is 18.0. The van der Waals surface area contributed by atoms with E-state index in [2.05, 4.69) is 0 Å². The van der Waals surface area contributed by atoms with E-state index in [1.54, 1.807) is 37.5 Å². The highest BCUT2D eigenvalue weighted by Gasteiger charge is 2.35. The summed E-state index contributed by atoms with van der Waals surface area (Å²) in [7, 11) is 1.62. The number of rotatable bonds is 5. The predicted octanol–water partition coefficient (Wildman–Crippen LogP) is 3.66. The number of methoxy groups -OCH3 is 1. The smallest absolute Gasteiger partial charge is 0.332 e. The lowest BCUT2D eigenvalue weighted by molar-refractivity contribution is -0.140. The van der Waals surface area contributed by atoms with Crippen molar-refractivity contribution in [2.45, 2.75) is 0 Å². The van der Waals surface area contributed by atoms with Crippen LogP contribution in [0.3, 0.4) is 0 Å². The van der Waals surface area contributed by atoms with Gasteiger partial charge in [0, 0.05) is 6.08 Å². The zero-order valence-corrected chi connectivity index (χ0v) is 15.6. The number of benzene rings is 3. The molecule has 6 heteroatoms. The van der Waals surface area contributed by atoms with E-state index in [1.165, 1.54) is 6.08 Å². The molecule has 0 atom stereocenters. The number of carbonyl (C=O) groups excluding carboxylic acids is 3. The number of hydrogen-bond donors (Lipinski definition) is 0. The Balaban J connectivity index is 1.40. The van der Waals surface area contributed by atoms with Gasteiger partial charge in [-0.25, -0.2) is 9.69 Å². The van der Waals surface area contributed by atoms with E-state index in [0.29, 0.717) is 11.1 Å². The summed E-state index contributed by atoms with van der Waals surface area (Å²) in [6.07, 6.45) is 2.89. The van der Waals surface area contributed by atoms with Crippen LogP contribution in [-0.4, -0.2) is 36.5 Å². The van der Waals surface area contributed by atoms with Gasteiger partial charge in [-0.2, -0.15) is 0 Å². The molecule has 29 heavy (non-hydrogen) atoms. The largest absolute Gasteiger partial charge is 0.497 e. The van der Waals surface area contributed by atoms with Gasteiger partial charge in [-0.3, -0.25) is 9.59 Å². The maximum atomic E-state index is 12.3. The number of esters is 1. The zero-order valence-electron chi connectivity index (χ0n) is 15.6. The van der Waals surface area contributed by atoms with E-state index < -0.39 is 24.5 Å². The van der Waals surface area contributed by atoms with Crippen LogP contribution in [0.1, 0.15) is 26.3 Å². The summed E-state index contributed by atoms with van der Waals surface area (Å²) in [5, 5.41) is 2.03. The standard InChI is InChI=1S/C23H17NO5/c1-28-18-10-9-16-12-15(6-8-17(16)13-18)7-11-21(25)29-14-24-22(26)19-4-2-3-5-20(19)23(24)27/h2-13H,14H2,1H3/b11-7+. The fourth-order valence-corrected chi connectivity index (χ4v) is 3.17. The first-order valence-corrected chi connectivity index (χ1v) is 8.95. The third kappa shape index (κ3) is 3.60. The second kappa shape index (κ2) is 7.59. The van der Waals surface area contributed by atoms with E-state index in [0.717, 1.165) is 27.0 Å². The maximum Gasteiger partial charge on any atom is 0.332 e. The Bertz CT molecular complexity index is 1130. The van der Waals surface area contributed by atoms with Crippen LogP contribution in [0, 0.1) is 0 Å². The summed E-state index contributed by atoms with van der Waals surface area (Å²) in [5.74, 6) is -0.798. The van der Waals surface area contributed by atoms with Crippen LogP contribution in [0.2, 0.25) is 0 Å². The van der Waals surface area contributed by atoms with Gasteiger partial charge in [0.2, 0.25) is 0 Å². The predicted molar refractivity (Wildman–Crippen MR) is 107 cm³/mol. The molecule has 6 nitrogen and oxygen atoms in total. The summed E-state index contributed by atoms with van der Waals surface area (Å²) in [5.41, 5.74) is 1.45. The van der Waals surface area contributed by atoms with Gasteiger partial charge in [0.25, 0.3) is 11.8 Å². The lowest BCUT2D eigenvalue weighted by Gasteiger charge is -2.12. The van der Waals surface area contributed by atoms with Gasteiger partial charge >= 0.3 is 5.97 Å². The minimum atomic E-state index is -0.642. The second-order valence-electron chi connectivity index (χ2n) is 6.48. The SMILES string of the molecule is COc1ccc2cc(/C=C/C(=O)OCN3C(=O)c4ccccc4C3=O)ccc2c1. The zero-order chi connectivity index (χ0) is 20.4. The molecular weight excluding hydrogens is 370 g/mol. The van der Waals surface area contributed by atoms with Crippen molar-refractivity contribution in [3.8, 4) is 5.75 Å². The van der Waals surface area contributed by atoms with E-state index in [1.807, 2.05) is 36.4 Å². The lowest BCUT2D eigenvalue weighted by atomic mass is 10.1. The minimum absolute atomic E-state index is 0.317. The molecule has 144 valence electrons. The number of fused-ring (bicyclic) bond motifs is 2. The Morgan fingerprint density at radius 1 is 0.931 bits per heavy atom. The van der Waals surface area contributed by atoms with Crippen LogP contribution in [0.5, 0.6) is 5.75 Å². The maximum absolute atomic E-state index is 12.3. The van der Waals surface area contributed by atoms with Crippen molar-refractivity contribution >= 4 is 34.6 Å². The number of imide groups is 1. The number of amides is 2. The molecule has 3 aromatic rings. The summed E-state index contributed by atoms with van der Waals surface area (Å²) in [6.45, 7) is -0.424. The molecule has 0 unspecified atom stereocenters. The number of carbonyl (C=O) groups is 3. The molecule has 3 aromatic carbocycles. The molecular formula is C23H17NO5. The van der Waals surface area contributed by atoms with Crippen molar-refractivity contribution in [2.24, 2.45) is 0 Å². The number of nitrogens with zero attached hydrogens (tertiary/aromatic N) is 1. The first kappa shape index (κ1) is 18.4. The average Bonchev–Trinajstić information content (AvgIpc) is 3.00. The lowest BCUT2D eigenvalue weighted by Crippen LogP contribution is -2.32. The fraction of sp³-hybridized carbons (Fsp3) is 0.0870. The van der Waals surface area contributed by atoms with E-state index in [9.17, 15) is 14.4 Å². The molecule has 4 rings (SSSR count). The molecule has 0 radical (unpaired) electrons. The van der Waals surface area contributed by atoms with Gasteiger partial charge in [0.05, 0.1) is 18.2 Å². The Kier molecular flexibility index (Phi) is 4.83. The van der Waals surface area contributed by atoms with Crippen LogP contribution in [-0.2, 0) is 9.53 Å². The molecule has 2 amide bonds. The van der Waals surface area contributed by atoms with Crippen molar-refractivity contribution in [1.82, 2.24) is 4.90 Å². The molecule has 0 saturated carbocycles. The Hall–Kier alpha value is -3.93. The highest BCUT2D eigenvalue weighted by molar-refractivity contribution is 6.21. The molecule has 0 aliphatic carbocycles. The highest BCUT2D eigenvalue weighted by Crippen LogP contribution is 2.23. The first-order chi connectivity index (χ1) is 14.1. The molecule has 0 fully saturated rings. The van der Waals surface area contributed by atoms with Crippen molar-refractivity contribution in [2.75, 3.05) is 13.8 Å². The number of ether oxygens (including phenoxy) is 2. The van der Waals surface area contributed by atoms with Crippen molar-refractivity contribution in [3.63, 3.8) is 0 Å². The van der Waals surface area contributed by atoms with Crippen LogP contribution >= 0.6 is 0 Å². The third-order valence-electron chi connectivity index (χ3n) is 4.70. The molecule has 0 aromatic heterocycles. The Morgan fingerprint density at radius 3 is 2.28 bits per heavy atom. The Morgan fingerprint density at radius 2 is 1.59 bits per heavy atom. The van der Waals surface area contributed by atoms with Crippen LogP contribution < -0.4 is 4.74 Å². The van der Waals surface area contributed by atoms with Gasteiger partial charge < -0.3 is 9.47 Å². The van der Waals surface area contributed by atoms with E-state index in [-0.39, 0.29) is 0 Å². The van der Waals surface area contributed by atoms with Gasteiger partial charge in [-0.1, -0.05) is 30.3 Å². The third-order valence-corrected chi connectivity index (χ3v) is 4.70. The van der Waals surface area contributed by atoms with Gasteiger partial charge in [0.1, 0.15) is 5.75 Å². The minimum Gasteiger partial charge on any atom is -0.497 e. The van der Waals surface area contributed by atoms with Crippen LogP contribution in [0.15, 0.2) is 66.7 Å². The normalized spacial score (nSPS) is 13.2. The molecule has 1 heterocycles. The molecule has 0 saturated heterocycles. The topological polar surface area (TPSA) is 72.9 Å². The number of hydrogen-bond acceptors (Lipinski definition) is 5. The van der Waals surface area contributed by atoms with Crippen LogP contribution in [0.25, 0.3) is 16.8 Å². The average molecular weight is 387 g/mol. The highest BCUT2D eigenvalue weighted by atomic mass is 16.5. The van der Waals surface area contributed by atoms with Crippen molar-refractivity contribution < 1.29 is 23.9 Å². The van der Waals surface area contributed by atoms with E-state index >= 15 is 0 Å². The summed E-state index contributed by atoms with van der Waals surface area (Å²) in [4.78, 5) is 37.5. The van der Waals surface area contributed by atoms with Gasteiger partial charge in [-0.05, 0) is 52.7 Å². The van der Waals surface area contributed by atoms with Gasteiger partial charge in [-0.15, -0.1) is 0 Å². The Labute approximate surface area is 167 Å². The van der Waals surface area contributed by atoms with Crippen molar-refractivity contribution in [1.29, 1.82) is 0 Å².